The maximum atomic E-state index is 6.96. The lowest BCUT2D eigenvalue weighted by molar-refractivity contribution is 0.164. The van der Waals surface area contributed by atoms with Gasteiger partial charge >= 0.3 is 0 Å². The lowest BCUT2D eigenvalue weighted by atomic mass is 9.83. The fourth-order valence-corrected chi connectivity index (χ4v) is 4.42. The van der Waals surface area contributed by atoms with Gasteiger partial charge in [-0.15, -0.1) is 0 Å². The SMILES string of the molecule is C1=CC(c2ccccc2)(c2ccccc2)Oc2c1ccc1[nH]c3ccccc3c21. The lowest BCUT2D eigenvalue weighted by Crippen LogP contribution is -2.34. The van der Waals surface area contributed by atoms with E-state index in [4.69, 9.17) is 4.74 Å². The topological polar surface area (TPSA) is 25.0 Å². The zero-order valence-electron chi connectivity index (χ0n) is 15.8. The van der Waals surface area contributed by atoms with Crippen LogP contribution in [0.5, 0.6) is 5.75 Å². The van der Waals surface area contributed by atoms with Crippen molar-refractivity contribution in [2.24, 2.45) is 0 Å². The molecule has 0 unspecified atom stereocenters. The van der Waals surface area contributed by atoms with Crippen LogP contribution in [0.3, 0.4) is 0 Å². The van der Waals surface area contributed by atoms with Crippen LogP contribution in [0, 0.1) is 0 Å². The van der Waals surface area contributed by atoms with Crippen molar-refractivity contribution in [2.45, 2.75) is 5.60 Å². The molecule has 0 amide bonds. The number of benzene rings is 4. The summed E-state index contributed by atoms with van der Waals surface area (Å²) in [5.74, 6) is 0.926. The molecule has 4 aromatic carbocycles. The third kappa shape index (κ3) is 2.36. The normalized spacial score (nSPS) is 14.6. The van der Waals surface area contributed by atoms with E-state index in [2.05, 4.69) is 102 Å². The van der Waals surface area contributed by atoms with E-state index >= 15 is 0 Å². The van der Waals surface area contributed by atoms with E-state index in [9.17, 15) is 0 Å². The molecule has 0 atom stereocenters. The Hall–Kier alpha value is -3.78. The first-order valence-corrected chi connectivity index (χ1v) is 9.88. The van der Waals surface area contributed by atoms with E-state index in [1.807, 2.05) is 12.1 Å². The van der Waals surface area contributed by atoms with Crippen molar-refractivity contribution in [1.29, 1.82) is 0 Å². The monoisotopic (exact) mass is 373 g/mol. The highest BCUT2D eigenvalue weighted by atomic mass is 16.5. The Labute approximate surface area is 169 Å². The summed E-state index contributed by atoms with van der Waals surface area (Å²) in [4.78, 5) is 3.53. The molecule has 1 aromatic heterocycles. The van der Waals surface area contributed by atoms with E-state index in [1.165, 1.54) is 5.39 Å². The van der Waals surface area contributed by atoms with E-state index in [-0.39, 0.29) is 0 Å². The van der Waals surface area contributed by atoms with Gasteiger partial charge < -0.3 is 9.72 Å². The summed E-state index contributed by atoms with van der Waals surface area (Å²) >= 11 is 0. The Morgan fingerprint density at radius 2 is 1.28 bits per heavy atom. The molecule has 2 nitrogen and oxygen atoms in total. The van der Waals surface area contributed by atoms with Crippen molar-refractivity contribution in [1.82, 2.24) is 4.98 Å². The van der Waals surface area contributed by atoms with Crippen LogP contribution in [0.2, 0.25) is 0 Å². The molecule has 2 heterocycles. The molecule has 6 rings (SSSR count). The van der Waals surface area contributed by atoms with Crippen LogP contribution in [0.1, 0.15) is 16.7 Å². The number of para-hydroxylation sites is 1. The summed E-state index contributed by atoms with van der Waals surface area (Å²) in [7, 11) is 0. The Morgan fingerprint density at radius 1 is 0.621 bits per heavy atom. The van der Waals surface area contributed by atoms with Crippen LogP contribution in [0.15, 0.2) is 103 Å². The number of hydrogen-bond donors (Lipinski definition) is 1. The van der Waals surface area contributed by atoms with Gasteiger partial charge in [-0.25, -0.2) is 0 Å². The van der Waals surface area contributed by atoms with Crippen LogP contribution in [-0.4, -0.2) is 4.98 Å². The molecule has 29 heavy (non-hydrogen) atoms. The molecule has 2 heteroatoms. The van der Waals surface area contributed by atoms with Gasteiger partial charge in [0.15, 0.2) is 5.60 Å². The third-order valence-corrected chi connectivity index (χ3v) is 5.82. The molecular formula is C27H19NO. The maximum Gasteiger partial charge on any atom is 0.178 e. The summed E-state index contributed by atoms with van der Waals surface area (Å²) in [6.07, 6.45) is 4.38. The van der Waals surface area contributed by atoms with Crippen molar-refractivity contribution in [3.8, 4) is 5.75 Å². The molecule has 0 aliphatic carbocycles. The minimum Gasteiger partial charge on any atom is -0.472 e. The van der Waals surface area contributed by atoms with E-state index in [0.717, 1.165) is 38.9 Å². The van der Waals surface area contributed by atoms with Gasteiger partial charge in [-0.05, 0) is 24.3 Å². The van der Waals surface area contributed by atoms with Crippen molar-refractivity contribution in [3.05, 3.63) is 120 Å². The first-order valence-electron chi connectivity index (χ1n) is 9.88. The zero-order chi connectivity index (χ0) is 19.3. The van der Waals surface area contributed by atoms with Crippen LogP contribution in [0.4, 0.5) is 0 Å². The number of aromatic amines is 1. The smallest absolute Gasteiger partial charge is 0.178 e. The Bertz CT molecular complexity index is 1320. The molecule has 0 bridgehead atoms. The van der Waals surface area contributed by atoms with Crippen molar-refractivity contribution < 1.29 is 4.74 Å². The Balaban J connectivity index is 1.66. The first-order chi connectivity index (χ1) is 14.4. The number of H-pyrrole nitrogens is 1. The van der Waals surface area contributed by atoms with Gasteiger partial charge in [-0.1, -0.05) is 84.9 Å². The minimum absolute atomic E-state index is 0.665. The average molecular weight is 373 g/mol. The zero-order valence-corrected chi connectivity index (χ0v) is 15.8. The van der Waals surface area contributed by atoms with Crippen LogP contribution in [0.25, 0.3) is 27.9 Å². The molecule has 0 fully saturated rings. The maximum absolute atomic E-state index is 6.96. The largest absolute Gasteiger partial charge is 0.472 e. The number of ether oxygens (including phenoxy) is 1. The highest BCUT2D eigenvalue weighted by Gasteiger charge is 2.37. The molecule has 0 spiro atoms. The second-order valence-electron chi connectivity index (χ2n) is 7.48. The molecule has 138 valence electrons. The van der Waals surface area contributed by atoms with Gasteiger partial charge in [-0.3, -0.25) is 0 Å². The van der Waals surface area contributed by atoms with E-state index in [1.54, 1.807) is 0 Å². The van der Waals surface area contributed by atoms with Crippen LogP contribution in [-0.2, 0) is 5.60 Å². The standard InChI is InChI=1S/C27H19NO/c1-3-9-20(10-4-1)27(21-11-5-2-6-12-21)18-17-19-15-16-24-25(26(19)29-27)22-13-7-8-14-23(22)28-24/h1-18,28H. The molecule has 0 saturated heterocycles. The summed E-state index contributed by atoms with van der Waals surface area (Å²) in [5, 5.41) is 2.32. The van der Waals surface area contributed by atoms with Crippen molar-refractivity contribution >= 4 is 27.9 Å². The van der Waals surface area contributed by atoms with Crippen molar-refractivity contribution in [3.63, 3.8) is 0 Å². The molecule has 0 radical (unpaired) electrons. The molecule has 1 aliphatic heterocycles. The van der Waals surface area contributed by atoms with E-state index < -0.39 is 5.60 Å². The summed E-state index contributed by atoms with van der Waals surface area (Å²) in [5.41, 5.74) is 4.89. The Morgan fingerprint density at radius 3 is 2.00 bits per heavy atom. The lowest BCUT2D eigenvalue weighted by Gasteiger charge is -2.36. The van der Waals surface area contributed by atoms with Crippen LogP contribution < -0.4 is 4.74 Å². The number of hydrogen-bond acceptors (Lipinski definition) is 1. The average Bonchev–Trinajstić information content (AvgIpc) is 3.19. The second kappa shape index (κ2) is 6.11. The molecule has 0 saturated carbocycles. The second-order valence-corrected chi connectivity index (χ2v) is 7.48. The highest BCUT2D eigenvalue weighted by molar-refractivity contribution is 6.11. The molecule has 5 aromatic rings. The quantitative estimate of drug-likeness (QED) is 0.367. The van der Waals surface area contributed by atoms with E-state index in [0.29, 0.717) is 0 Å². The van der Waals surface area contributed by atoms with Crippen molar-refractivity contribution in [2.75, 3.05) is 0 Å². The number of aromatic nitrogens is 1. The number of fused-ring (bicyclic) bond motifs is 5. The predicted molar refractivity (Wildman–Crippen MR) is 119 cm³/mol. The minimum atomic E-state index is -0.665. The first kappa shape index (κ1) is 16.2. The Kier molecular flexibility index (Phi) is 3.41. The summed E-state index contributed by atoms with van der Waals surface area (Å²) in [6, 6.07) is 33.6. The molecule has 1 N–H and O–H groups in total. The molecular weight excluding hydrogens is 354 g/mol. The number of rotatable bonds is 2. The van der Waals surface area contributed by atoms with Crippen LogP contribution >= 0.6 is 0 Å². The van der Waals surface area contributed by atoms with Gasteiger partial charge in [0.25, 0.3) is 0 Å². The highest BCUT2D eigenvalue weighted by Crippen LogP contribution is 2.46. The van der Waals surface area contributed by atoms with Gasteiger partial charge in [0.05, 0.1) is 10.9 Å². The van der Waals surface area contributed by atoms with Gasteiger partial charge in [-0.2, -0.15) is 0 Å². The summed E-state index contributed by atoms with van der Waals surface area (Å²) < 4.78 is 6.96. The summed E-state index contributed by atoms with van der Waals surface area (Å²) in [6.45, 7) is 0. The predicted octanol–water partition coefficient (Wildman–Crippen LogP) is 6.67. The van der Waals surface area contributed by atoms with Gasteiger partial charge in [0.1, 0.15) is 5.75 Å². The number of nitrogens with one attached hydrogen (secondary N) is 1. The fourth-order valence-electron chi connectivity index (χ4n) is 4.42. The third-order valence-electron chi connectivity index (χ3n) is 5.82. The fraction of sp³-hybridized carbons (Fsp3) is 0.0370. The molecule has 1 aliphatic rings. The van der Waals surface area contributed by atoms with Gasteiger partial charge in [0.2, 0.25) is 0 Å². The van der Waals surface area contributed by atoms with Gasteiger partial charge in [0, 0.05) is 27.6 Å².